The molecule has 1 fully saturated rings. The van der Waals surface area contributed by atoms with E-state index in [0.29, 0.717) is 18.7 Å². The maximum Gasteiger partial charge on any atom is 0.137 e. The van der Waals surface area contributed by atoms with Crippen LogP contribution in [0.15, 0.2) is 78.9 Å². The van der Waals surface area contributed by atoms with Crippen LogP contribution in [0.5, 0.6) is 0 Å². The van der Waals surface area contributed by atoms with E-state index in [2.05, 4.69) is 29.2 Å². The number of Topliss-reactive ketones (excluding diaryl/α,β-unsaturated/α-hetero) is 1. The van der Waals surface area contributed by atoms with Crippen LogP contribution in [0.1, 0.15) is 35.6 Å². The van der Waals surface area contributed by atoms with E-state index < -0.39 is 17.6 Å². The van der Waals surface area contributed by atoms with Crippen LogP contribution in [0.2, 0.25) is 0 Å². The largest absolute Gasteiger partial charge is 0.299 e. The highest BCUT2D eigenvalue weighted by Crippen LogP contribution is 2.40. The summed E-state index contributed by atoms with van der Waals surface area (Å²) in [6, 6.07) is 24.0. The molecule has 0 bridgehead atoms. The summed E-state index contributed by atoms with van der Waals surface area (Å²) in [5, 5.41) is 0. The van der Waals surface area contributed by atoms with Gasteiger partial charge in [-0.25, -0.2) is 8.78 Å². The number of hydrogen-bond acceptors (Lipinski definition) is 2. The monoisotopic (exact) mass is 391 g/mol. The van der Waals surface area contributed by atoms with E-state index >= 15 is 0 Å². The smallest absolute Gasteiger partial charge is 0.137 e. The number of benzene rings is 3. The van der Waals surface area contributed by atoms with Crippen LogP contribution in [0.3, 0.4) is 0 Å². The van der Waals surface area contributed by atoms with Gasteiger partial charge >= 0.3 is 0 Å². The normalized spacial score (nSPS) is 15.9. The van der Waals surface area contributed by atoms with E-state index in [0.717, 1.165) is 6.07 Å². The SMILES string of the molecule is CC(=O)C(c1cc(F)cc(F)c1)C1CN(C(c2ccccc2)c2ccccc2)C1. The van der Waals surface area contributed by atoms with Crippen molar-refractivity contribution in [1.29, 1.82) is 0 Å². The molecule has 148 valence electrons. The topological polar surface area (TPSA) is 20.3 Å². The van der Waals surface area contributed by atoms with Crippen LogP contribution in [0.4, 0.5) is 8.78 Å². The summed E-state index contributed by atoms with van der Waals surface area (Å²) >= 11 is 0. The lowest BCUT2D eigenvalue weighted by atomic mass is 9.77. The van der Waals surface area contributed by atoms with E-state index in [1.54, 1.807) is 0 Å². The summed E-state index contributed by atoms with van der Waals surface area (Å²) in [4.78, 5) is 14.7. The zero-order valence-corrected chi connectivity index (χ0v) is 16.3. The molecular formula is C25H23F2NO. The zero-order chi connectivity index (χ0) is 20.4. The number of carbonyl (C=O) groups is 1. The minimum atomic E-state index is -0.645. The second-order valence-electron chi connectivity index (χ2n) is 7.73. The highest BCUT2D eigenvalue weighted by molar-refractivity contribution is 5.84. The molecule has 0 N–H and O–H groups in total. The van der Waals surface area contributed by atoms with Crippen LogP contribution in [0.25, 0.3) is 0 Å². The van der Waals surface area contributed by atoms with Crippen molar-refractivity contribution < 1.29 is 13.6 Å². The molecule has 1 atom stereocenters. The van der Waals surface area contributed by atoms with Crippen molar-refractivity contribution in [3.05, 3.63) is 107 Å². The molecule has 0 saturated carbocycles. The number of ketones is 1. The Hall–Kier alpha value is -2.85. The Kier molecular flexibility index (Phi) is 5.54. The zero-order valence-electron chi connectivity index (χ0n) is 16.3. The van der Waals surface area contributed by atoms with Gasteiger partial charge in [0.05, 0.1) is 6.04 Å². The van der Waals surface area contributed by atoms with Crippen molar-refractivity contribution in [3.8, 4) is 0 Å². The van der Waals surface area contributed by atoms with Crippen LogP contribution < -0.4 is 0 Å². The number of hydrogen-bond donors (Lipinski definition) is 0. The molecule has 0 spiro atoms. The number of halogens is 2. The van der Waals surface area contributed by atoms with Gasteiger partial charge in [0.15, 0.2) is 0 Å². The van der Waals surface area contributed by atoms with Crippen LogP contribution in [0, 0.1) is 17.6 Å². The highest BCUT2D eigenvalue weighted by Gasteiger charge is 2.40. The summed E-state index contributed by atoms with van der Waals surface area (Å²) in [6.07, 6.45) is 0. The fourth-order valence-electron chi connectivity index (χ4n) is 4.45. The number of rotatable bonds is 6. The molecule has 1 aliphatic heterocycles. The molecule has 1 heterocycles. The van der Waals surface area contributed by atoms with Crippen LogP contribution in [-0.2, 0) is 4.79 Å². The van der Waals surface area contributed by atoms with Crippen LogP contribution in [-0.4, -0.2) is 23.8 Å². The second-order valence-corrected chi connectivity index (χ2v) is 7.73. The predicted octanol–water partition coefficient (Wildman–Crippen LogP) is 5.36. The quantitative estimate of drug-likeness (QED) is 0.564. The summed E-state index contributed by atoms with van der Waals surface area (Å²) in [5.74, 6) is -1.81. The first-order chi connectivity index (χ1) is 14.0. The van der Waals surface area contributed by atoms with Crippen molar-refractivity contribution in [3.63, 3.8) is 0 Å². The second kappa shape index (κ2) is 8.26. The predicted molar refractivity (Wildman–Crippen MR) is 110 cm³/mol. The summed E-state index contributed by atoms with van der Waals surface area (Å²) in [7, 11) is 0. The maximum absolute atomic E-state index is 13.7. The summed E-state index contributed by atoms with van der Waals surface area (Å²) in [6.45, 7) is 2.88. The molecule has 0 radical (unpaired) electrons. The van der Waals surface area contributed by atoms with Gasteiger partial charge in [-0.1, -0.05) is 60.7 Å². The van der Waals surface area contributed by atoms with Gasteiger partial charge in [0.1, 0.15) is 17.4 Å². The Morgan fingerprint density at radius 3 is 1.76 bits per heavy atom. The highest BCUT2D eigenvalue weighted by atomic mass is 19.1. The minimum absolute atomic E-state index is 0.0311. The first kappa shape index (κ1) is 19.5. The molecule has 0 aliphatic carbocycles. The van der Waals surface area contributed by atoms with Gasteiger partial charge < -0.3 is 0 Å². The molecule has 1 aliphatic rings. The molecular weight excluding hydrogens is 368 g/mol. The van der Waals surface area contributed by atoms with Crippen LogP contribution >= 0.6 is 0 Å². The molecule has 29 heavy (non-hydrogen) atoms. The standard InChI is InChI=1S/C25H23F2NO/c1-17(29)24(20-12-22(26)14-23(27)13-20)21-15-28(16-21)25(18-8-4-2-5-9-18)19-10-6-3-7-11-19/h2-14,21,24-25H,15-16H2,1H3. The average Bonchev–Trinajstić information content (AvgIpc) is 2.67. The molecule has 3 aromatic carbocycles. The number of nitrogens with zero attached hydrogens (tertiary/aromatic N) is 1. The average molecular weight is 391 g/mol. The van der Waals surface area contributed by atoms with Gasteiger partial charge in [-0.05, 0) is 41.7 Å². The van der Waals surface area contributed by atoms with Crippen molar-refractivity contribution in [2.75, 3.05) is 13.1 Å². The van der Waals surface area contributed by atoms with E-state index in [1.807, 2.05) is 36.4 Å². The fourth-order valence-corrected chi connectivity index (χ4v) is 4.45. The lowest BCUT2D eigenvalue weighted by molar-refractivity contribution is -0.121. The van der Waals surface area contributed by atoms with Crippen molar-refractivity contribution in [2.24, 2.45) is 5.92 Å². The molecule has 1 unspecified atom stereocenters. The lowest BCUT2D eigenvalue weighted by Gasteiger charge is -2.47. The van der Waals surface area contributed by atoms with Crippen molar-refractivity contribution in [1.82, 2.24) is 4.90 Å². The van der Waals surface area contributed by atoms with Gasteiger partial charge in [-0.15, -0.1) is 0 Å². The molecule has 0 amide bonds. The molecule has 1 saturated heterocycles. The van der Waals surface area contributed by atoms with E-state index in [-0.39, 0.29) is 17.7 Å². The lowest BCUT2D eigenvalue weighted by Crippen LogP contribution is -2.52. The van der Waals surface area contributed by atoms with Gasteiger partial charge in [0.25, 0.3) is 0 Å². The van der Waals surface area contributed by atoms with Gasteiger partial charge in [-0.2, -0.15) is 0 Å². The maximum atomic E-state index is 13.7. The Balaban J connectivity index is 1.59. The molecule has 4 heteroatoms. The molecule has 2 nitrogen and oxygen atoms in total. The number of likely N-dealkylation sites (tertiary alicyclic amines) is 1. The Bertz CT molecular complexity index is 924. The first-order valence-electron chi connectivity index (χ1n) is 9.83. The minimum Gasteiger partial charge on any atom is -0.299 e. The third-order valence-corrected chi connectivity index (χ3v) is 5.69. The molecule has 4 rings (SSSR count). The number of carbonyl (C=O) groups excluding carboxylic acids is 1. The third-order valence-electron chi connectivity index (χ3n) is 5.69. The Morgan fingerprint density at radius 2 is 1.31 bits per heavy atom. The first-order valence-corrected chi connectivity index (χ1v) is 9.83. The Labute approximate surface area is 169 Å². The van der Waals surface area contributed by atoms with E-state index in [4.69, 9.17) is 0 Å². The molecule has 3 aromatic rings. The van der Waals surface area contributed by atoms with Gasteiger partial charge in [-0.3, -0.25) is 9.69 Å². The Morgan fingerprint density at radius 1 is 0.828 bits per heavy atom. The van der Waals surface area contributed by atoms with Crippen molar-refractivity contribution >= 4 is 5.78 Å². The fraction of sp³-hybridized carbons (Fsp3) is 0.240. The third kappa shape index (κ3) is 4.13. The van der Waals surface area contributed by atoms with E-state index in [9.17, 15) is 13.6 Å². The van der Waals surface area contributed by atoms with Gasteiger partial charge in [0.2, 0.25) is 0 Å². The van der Waals surface area contributed by atoms with E-state index in [1.165, 1.54) is 30.2 Å². The summed E-state index contributed by atoms with van der Waals surface area (Å²) in [5.41, 5.74) is 2.80. The summed E-state index contributed by atoms with van der Waals surface area (Å²) < 4.78 is 27.4. The molecule has 0 aromatic heterocycles. The van der Waals surface area contributed by atoms with Gasteiger partial charge in [0, 0.05) is 25.1 Å². The van der Waals surface area contributed by atoms with Crippen molar-refractivity contribution in [2.45, 2.75) is 18.9 Å².